The first-order valence-corrected chi connectivity index (χ1v) is 8.30. The van der Waals surface area contributed by atoms with Crippen LogP contribution in [0, 0.1) is 6.92 Å². The van der Waals surface area contributed by atoms with Crippen molar-refractivity contribution in [3.63, 3.8) is 0 Å². The van der Waals surface area contributed by atoms with Crippen molar-refractivity contribution in [3.05, 3.63) is 42.2 Å². The van der Waals surface area contributed by atoms with E-state index in [0.717, 1.165) is 27.2 Å². The smallest absolute Gasteiger partial charge is 0.0995 e. The Labute approximate surface area is 126 Å². The summed E-state index contributed by atoms with van der Waals surface area (Å²) in [6.07, 6.45) is 1.09. The lowest BCUT2D eigenvalue weighted by Crippen LogP contribution is -2.23. The highest BCUT2D eigenvalue weighted by Crippen LogP contribution is 2.39. The Kier molecular flexibility index (Phi) is 5.10. The topological polar surface area (TPSA) is 12.0 Å². The SMILES string of the molecule is CCCNC(c1ccsc1C)c1cc(Cl)sc1Cl. The third-order valence-electron chi connectivity index (χ3n) is 2.80. The van der Waals surface area contributed by atoms with Crippen LogP contribution < -0.4 is 5.32 Å². The molecule has 1 N–H and O–H groups in total. The number of hydrogen-bond acceptors (Lipinski definition) is 3. The molecule has 0 spiro atoms. The van der Waals surface area contributed by atoms with Crippen LogP contribution in [0.1, 0.15) is 35.4 Å². The van der Waals surface area contributed by atoms with E-state index in [4.69, 9.17) is 23.2 Å². The third-order valence-corrected chi connectivity index (χ3v) is 5.18. The van der Waals surface area contributed by atoms with E-state index in [-0.39, 0.29) is 6.04 Å². The van der Waals surface area contributed by atoms with Gasteiger partial charge >= 0.3 is 0 Å². The van der Waals surface area contributed by atoms with Gasteiger partial charge in [-0.1, -0.05) is 30.1 Å². The molecule has 1 nitrogen and oxygen atoms in total. The number of hydrogen-bond donors (Lipinski definition) is 1. The highest BCUT2D eigenvalue weighted by atomic mass is 35.5. The van der Waals surface area contributed by atoms with E-state index in [1.165, 1.54) is 21.8 Å². The quantitative estimate of drug-likeness (QED) is 0.765. The summed E-state index contributed by atoms with van der Waals surface area (Å²) in [6.45, 7) is 5.26. The summed E-state index contributed by atoms with van der Waals surface area (Å²) in [5.41, 5.74) is 2.38. The maximum atomic E-state index is 6.29. The van der Waals surface area contributed by atoms with Crippen LogP contribution in [0.3, 0.4) is 0 Å². The van der Waals surface area contributed by atoms with Gasteiger partial charge in [-0.25, -0.2) is 0 Å². The molecule has 2 aromatic rings. The summed E-state index contributed by atoms with van der Waals surface area (Å²) < 4.78 is 1.52. The molecule has 98 valence electrons. The standard InChI is InChI=1S/C13H15Cl2NS2/c1-3-5-16-12(9-4-6-17-8(9)2)10-7-11(14)18-13(10)15/h4,6-7,12,16H,3,5H2,1-2H3. The first kappa shape index (κ1) is 14.4. The molecule has 0 radical (unpaired) electrons. The largest absolute Gasteiger partial charge is 0.306 e. The molecule has 0 fully saturated rings. The summed E-state index contributed by atoms with van der Waals surface area (Å²) >= 11 is 15.5. The Morgan fingerprint density at radius 1 is 1.33 bits per heavy atom. The molecule has 18 heavy (non-hydrogen) atoms. The predicted octanol–water partition coefficient (Wildman–Crippen LogP) is 5.51. The zero-order valence-corrected chi connectivity index (χ0v) is 13.4. The van der Waals surface area contributed by atoms with Crippen molar-refractivity contribution < 1.29 is 0 Å². The van der Waals surface area contributed by atoms with Crippen LogP contribution in [-0.4, -0.2) is 6.54 Å². The molecule has 0 bridgehead atoms. The van der Waals surface area contributed by atoms with Gasteiger partial charge in [0.15, 0.2) is 0 Å². The van der Waals surface area contributed by atoms with Crippen molar-refractivity contribution in [2.45, 2.75) is 26.3 Å². The second kappa shape index (κ2) is 6.40. The highest BCUT2D eigenvalue weighted by Gasteiger charge is 2.21. The fraction of sp³-hybridized carbons (Fsp3) is 0.385. The van der Waals surface area contributed by atoms with E-state index in [2.05, 4.69) is 30.6 Å². The molecule has 0 saturated heterocycles. The minimum atomic E-state index is 0.146. The second-order valence-corrected chi connectivity index (χ2v) is 7.50. The molecule has 0 saturated carbocycles. The normalized spacial score (nSPS) is 12.9. The van der Waals surface area contributed by atoms with Crippen LogP contribution in [0.15, 0.2) is 17.5 Å². The van der Waals surface area contributed by atoms with Crippen molar-refractivity contribution >= 4 is 45.9 Å². The molecule has 0 aromatic carbocycles. The van der Waals surface area contributed by atoms with Crippen LogP contribution in [0.25, 0.3) is 0 Å². The zero-order valence-electron chi connectivity index (χ0n) is 10.3. The molecule has 2 aromatic heterocycles. The lowest BCUT2D eigenvalue weighted by Gasteiger charge is -2.18. The molecule has 2 rings (SSSR count). The van der Waals surface area contributed by atoms with E-state index >= 15 is 0 Å². The summed E-state index contributed by atoms with van der Waals surface area (Å²) in [5.74, 6) is 0. The summed E-state index contributed by atoms with van der Waals surface area (Å²) in [7, 11) is 0. The average molecular weight is 320 g/mol. The van der Waals surface area contributed by atoms with Gasteiger partial charge in [-0.05, 0) is 43.0 Å². The Morgan fingerprint density at radius 2 is 2.11 bits per heavy atom. The lowest BCUT2D eigenvalue weighted by atomic mass is 10.0. The van der Waals surface area contributed by atoms with Crippen molar-refractivity contribution in [1.29, 1.82) is 0 Å². The molecule has 0 aliphatic heterocycles. The maximum Gasteiger partial charge on any atom is 0.0995 e. The van der Waals surface area contributed by atoms with Gasteiger partial charge in [0, 0.05) is 10.4 Å². The summed E-state index contributed by atoms with van der Waals surface area (Å²) in [5, 5.41) is 5.67. The molecule has 1 unspecified atom stereocenters. The predicted molar refractivity (Wildman–Crippen MR) is 83.5 cm³/mol. The molecule has 5 heteroatoms. The lowest BCUT2D eigenvalue weighted by molar-refractivity contribution is 0.599. The number of nitrogens with one attached hydrogen (secondary N) is 1. The van der Waals surface area contributed by atoms with Gasteiger partial charge in [0.2, 0.25) is 0 Å². The van der Waals surface area contributed by atoms with Gasteiger partial charge in [-0.3, -0.25) is 0 Å². The minimum absolute atomic E-state index is 0.146. The van der Waals surface area contributed by atoms with E-state index in [0.29, 0.717) is 0 Å². The highest BCUT2D eigenvalue weighted by molar-refractivity contribution is 7.20. The molecular weight excluding hydrogens is 305 g/mol. The maximum absolute atomic E-state index is 6.29. The van der Waals surface area contributed by atoms with Gasteiger partial charge in [0.1, 0.15) is 0 Å². The Balaban J connectivity index is 2.37. The van der Waals surface area contributed by atoms with Gasteiger partial charge in [-0.2, -0.15) is 0 Å². The first-order chi connectivity index (χ1) is 8.63. The average Bonchev–Trinajstić information content (AvgIpc) is 2.87. The van der Waals surface area contributed by atoms with Crippen molar-refractivity contribution in [1.82, 2.24) is 5.32 Å². The molecule has 0 amide bonds. The fourth-order valence-corrected chi connectivity index (χ4v) is 4.19. The Bertz CT molecular complexity index is 519. The van der Waals surface area contributed by atoms with Crippen LogP contribution in [0.5, 0.6) is 0 Å². The molecule has 0 aliphatic rings. The monoisotopic (exact) mass is 319 g/mol. The van der Waals surface area contributed by atoms with E-state index in [9.17, 15) is 0 Å². The fourth-order valence-electron chi connectivity index (χ4n) is 1.92. The van der Waals surface area contributed by atoms with E-state index in [1.807, 2.05) is 6.07 Å². The molecular formula is C13H15Cl2NS2. The van der Waals surface area contributed by atoms with Gasteiger partial charge < -0.3 is 5.32 Å². The van der Waals surface area contributed by atoms with Crippen molar-refractivity contribution in [2.75, 3.05) is 6.54 Å². The van der Waals surface area contributed by atoms with Crippen LogP contribution >= 0.6 is 45.9 Å². The second-order valence-electron chi connectivity index (χ2n) is 4.10. The Hall–Kier alpha value is -0.0600. The van der Waals surface area contributed by atoms with Crippen molar-refractivity contribution in [3.8, 4) is 0 Å². The Morgan fingerprint density at radius 3 is 2.61 bits per heavy atom. The van der Waals surface area contributed by atoms with Gasteiger partial charge in [-0.15, -0.1) is 22.7 Å². The molecule has 1 atom stereocenters. The van der Waals surface area contributed by atoms with Crippen molar-refractivity contribution in [2.24, 2.45) is 0 Å². The minimum Gasteiger partial charge on any atom is -0.306 e. The van der Waals surface area contributed by atoms with Crippen LogP contribution in [0.2, 0.25) is 8.67 Å². The van der Waals surface area contributed by atoms with E-state index < -0.39 is 0 Å². The molecule has 2 heterocycles. The van der Waals surface area contributed by atoms with Gasteiger partial charge in [0.25, 0.3) is 0 Å². The molecule has 0 aliphatic carbocycles. The van der Waals surface area contributed by atoms with E-state index in [1.54, 1.807) is 11.3 Å². The summed E-state index contributed by atoms with van der Waals surface area (Å²) in [6, 6.07) is 4.28. The zero-order chi connectivity index (χ0) is 13.1. The summed E-state index contributed by atoms with van der Waals surface area (Å²) in [4.78, 5) is 1.32. The number of aryl methyl sites for hydroxylation is 1. The number of halogens is 2. The van der Waals surface area contributed by atoms with Crippen LogP contribution in [-0.2, 0) is 0 Å². The van der Waals surface area contributed by atoms with Gasteiger partial charge in [0.05, 0.1) is 14.7 Å². The van der Waals surface area contributed by atoms with Crippen LogP contribution in [0.4, 0.5) is 0 Å². The number of rotatable bonds is 5. The first-order valence-electron chi connectivity index (χ1n) is 5.85. The third kappa shape index (κ3) is 3.09. The number of thiophene rings is 2.